The molecule has 3 aromatic rings. The van der Waals surface area contributed by atoms with E-state index in [1.165, 1.54) is 18.9 Å². The number of methoxy groups -OCH3 is 1. The normalized spacial score (nSPS) is 10.7. The molecular weight excluding hydrogens is 310 g/mol. The number of fused-ring (bicyclic) bond motifs is 1. The molecule has 0 bridgehead atoms. The van der Waals surface area contributed by atoms with Crippen LogP contribution in [0.4, 0.5) is 0 Å². The Balaban J connectivity index is 1.96. The van der Waals surface area contributed by atoms with Crippen molar-refractivity contribution >= 4 is 28.6 Å². The lowest BCUT2D eigenvalue weighted by molar-refractivity contribution is -0.140. The van der Waals surface area contributed by atoms with Crippen LogP contribution in [0.5, 0.6) is 0 Å². The molecule has 0 atom stereocenters. The molecular formula is C17H15N3O2S. The van der Waals surface area contributed by atoms with Gasteiger partial charge in [0.2, 0.25) is 0 Å². The molecule has 5 nitrogen and oxygen atoms in total. The summed E-state index contributed by atoms with van der Waals surface area (Å²) < 4.78 is 4.68. The maximum absolute atomic E-state index is 11.3. The number of rotatable bonds is 5. The highest BCUT2D eigenvalue weighted by Crippen LogP contribution is 2.28. The molecule has 0 N–H and O–H groups in total. The second-order valence-corrected chi connectivity index (χ2v) is 5.87. The van der Waals surface area contributed by atoms with Gasteiger partial charge in [0.25, 0.3) is 0 Å². The number of thioether (sulfide) groups is 1. The van der Waals surface area contributed by atoms with Gasteiger partial charge in [-0.15, -0.1) is 11.8 Å². The molecule has 2 aromatic heterocycles. The van der Waals surface area contributed by atoms with Gasteiger partial charge >= 0.3 is 5.97 Å². The van der Waals surface area contributed by atoms with Gasteiger partial charge in [-0.3, -0.25) is 9.78 Å². The zero-order valence-corrected chi connectivity index (χ0v) is 13.4. The van der Waals surface area contributed by atoms with Crippen molar-refractivity contribution in [2.24, 2.45) is 0 Å². The predicted molar refractivity (Wildman–Crippen MR) is 90.1 cm³/mol. The van der Waals surface area contributed by atoms with E-state index in [0.29, 0.717) is 18.0 Å². The summed E-state index contributed by atoms with van der Waals surface area (Å²) in [7, 11) is 1.40. The van der Waals surface area contributed by atoms with Crippen LogP contribution in [0.2, 0.25) is 0 Å². The minimum absolute atomic E-state index is 0.219. The third-order valence-corrected chi connectivity index (χ3v) is 4.25. The number of benzene rings is 1. The first-order valence-corrected chi connectivity index (χ1v) is 8.13. The van der Waals surface area contributed by atoms with Crippen LogP contribution in [0.25, 0.3) is 22.3 Å². The Hall–Kier alpha value is -2.47. The van der Waals surface area contributed by atoms with Gasteiger partial charge in [0.05, 0.1) is 19.0 Å². The number of ether oxygens (including phenoxy) is 1. The van der Waals surface area contributed by atoms with Gasteiger partial charge in [0.1, 0.15) is 5.03 Å². The Kier molecular flexibility index (Phi) is 4.83. The molecule has 0 aliphatic carbocycles. The van der Waals surface area contributed by atoms with Crippen LogP contribution in [0.1, 0.15) is 6.42 Å². The van der Waals surface area contributed by atoms with Gasteiger partial charge in [-0.05, 0) is 18.2 Å². The van der Waals surface area contributed by atoms with Crippen LogP contribution in [0.15, 0.2) is 53.8 Å². The zero-order chi connectivity index (χ0) is 16.1. The average Bonchev–Trinajstić information content (AvgIpc) is 2.62. The standard InChI is InChI=1S/C17H15N3O2S/c1-22-15(21)8-10-23-17-13-6-2-3-7-14(13)19-16(20-17)12-5-4-9-18-11-12/h2-7,9,11H,8,10H2,1H3. The van der Waals surface area contributed by atoms with Gasteiger partial charge in [0.15, 0.2) is 5.82 Å². The maximum Gasteiger partial charge on any atom is 0.306 e. The van der Waals surface area contributed by atoms with Gasteiger partial charge in [0, 0.05) is 29.1 Å². The summed E-state index contributed by atoms with van der Waals surface area (Å²) in [5.41, 5.74) is 1.75. The lowest BCUT2D eigenvalue weighted by Gasteiger charge is -2.08. The number of aromatic nitrogens is 3. The van der Waals surface area contributed by atoms with Crippen molar-refractivity contribution in [1.82, 2.24) is 15.0 Å². The molecule has 23 heavy (non-hydrogen) atoms. The fraction of sp³-hybridized carbons (Fsp3) is 0.176. The van der Waals surface area contributed by atoms with E-state index >= 15 is 0 Å². The Bertz CT molecular complexity index is 824. The number of carbonyl (C=O) groups is 1. The van der Waals surface area contributed by atoms with E-state index < -0.39 is 0 Å². The molecule has 0 saturated carbocycles. The number of carbonyl (C=O) groups excluding carboxylic acids is 1. The highest BCUT2D eigenvalue weighted by Gasteiger charge is 2.10. The van der Waals surface area contributed by atoms with Crippen molar-refractivity contribution in [3.63, 3.8) is 0 Å². The van der Waals surface area contributed by atoms with Crippen molar-refractivity contribution in [2.75, 3.05) is 12.9 Å². The summed E-state index contributed by atoms with van der Waals surface area (Å²) in [6.45, 7) is 0. The molecule has 0 unspecified atom stereocenters. The Labute approximate surface area is 138 Å². The van der Waals surface area contributed by atoms with Crippen LogP contribution in [-0.4, -0.2) is 33.8 Å². The minimum Gasteiger partial charge on any atom is -0.469 e. The van der Waals surface area contributed by atoms with Crippen molar-refractivity contribution in [1.29, 1.82) is 0 Å². The van der Waals surface area contributed by atoms with Crippen LogP contribution in [0, 0.1) is 0 Å². The lowest BCUT2D eigenvalue weighted by Crippen LogP contribution is -2.01. The van der Waals surface area contributed by atoms with E-state index in [4.69, 9.17) is 0 Å². The monoisotopic (exact) mass is 325 g/mol. The molecule has 0 aliphatic heterocycles. The van der Waals surface area contributed by atoms with E-state index in [-0.39, 0.29) is 5.97 Å². The molecule has 0 saturated heterocycles. The minimum atomic E-state index is -0.219. The van der Waals surface area contributed by atoms with E-state index in [1.54, 1.807) is 12.4 Å². The number of esters is 1. The molecule has 0 amide bonds. The molecule has 1 aromatic carbocycles. The summed E-state index contributed by atoms with van der Waals surface area (Å²) in [6, 6.07) is 11.6. The highest BCUT2D eigenvalue weighted by molar-refractivity contribution is 7.99. The van der Waals surface area contributed by atoms with Crippen molar-refractivity contribution in [2.45, 2.75) is 11.4 Å². The molecule has 2 heterocycles. The average molecular weight is 325 g/mol. The lowest BCUT2D eigenvalue weighted by atomic mass is 10.2. The molecule has 6 heteroatoms. The third-order valence-electron chi connectivity index (χ3n) is 3.26. The molecule has 0 spiro atoms. The summed E-state index contributed by atoms with van der Waals surface area (Å²) >= 11 is 1.53. The topological polar surface area (TPSA) is 65.0 Å². The Morgan fingerprint density at radius 2 is 2.04 bits per heavy atom. The van der Waals surface area contributed by atoms with Gasteiger partial charge in [-0.25, -0.2) is 9.97 Å². The summed E-state index contributed by atoms with van der Waals surface area (Å²) in [6.07, 6.45) is 3.81. The first-order valence-electron chi connectivity index (χ1n) is 7.15. The van der Waals surface area contributed by atoms with Crippen LogP contribution in [0.3, 0.4) is 0 Å². The Morgan fingerprint density at radius 1 is 1.17 bits per heavy atom. The maximum atomic E-state index is 11.3. The number of hydrogen-bond acceptors (Lipinski definition) is 6. The zero-order valence-electron chi connectivity index (χ0n) is 12.6. The van der Waals surface area contributed by atoms with Gasteiger partial charge < -0.3 is 4.74 Å². The molecule has 116 valence electrons. The van der Waals surface area contributed by atoms with Crippen LogP contribution < -0.4 is 0 Å². The SMILES string of the molecule is COC(=O)CCSc1nc(-c2cccnc2)nc2ccccc12. The van der Waals surface area contributed by atoms with Crippen molar-refractivity contribution < 1.29 is 9.53 Å². The van der Waals surface area contributed by atoms with Gasteiger partial charge in [-0.2, -0.15) is 0 Å². The van der Waals surface area contributed by atoms with E-state index in [1.807, 2.05) is 36.4 Å². The van der Waals surface area contributed by atoms with Crippen molar-refractivity contribution in [3.05, 3.63) is 48.8 Å². The second-order valence-electron chi connectivity index (χ2n) is 4.79. The second kappa shape index (κ2) is 7.19. The van der Waals surface area contributed by atoms with Crippen LogP contribution in [-0.2, 0) is 9.53 Å². The molecule has 3 rings (SSSR count). The fourth-order valence-corrected chi connectivity index (χ4v) is 3.06. The smallest absolute Gasteiger partial charge is 0.306 e. The van der Waals surface area contributed by atoms with Gasteiger partial charge in [-0.1, -0.05) is 18.2 Å². The van der Waals surface area contributed by atoms with E-state index in [2.05, 4.69) is 19.7 Å². The summed E-state index contributed by atoms with van der Waals surface area (Å²) in [5, 5.41) is 1.84. The summed E-state index contributed by atoms with van der Waals surface area (Å²) in [4.78, 5) is 24.7. The predicted octanol–water partition coefficient (Wildman–Crippen LogP) is 3.35. The number of hydrogen-bond donors (Lipinski definition) is 0. The largest absolute Gasteiger partial charge is 0.469 e. The van der Waals surface area contributed by atoms with E-state index in [0.717, 1.165) is 21.5 Å². The molecule has 0 radical (unpaired) electrons. The summed E-state index contributed by atoms with van der Waals surface area (Å²) in [5.74, 6) is 1.03. The van der Waals surface area contributed by atoms with E-state index in [9.17, 15) is 4.79 Å². The number of pyridine rings is 1. The molecule has 0 aliphatic rings. The first-order chi connectivity index (χ1) is 11.3. The number of nitrogens with zero attached hydrogens (tertiary/aromatic N) is 3. The van der Waals surface area contributed by atoms with Crippen molar-refractivity contribution in [3.8, 4) is 11.4 Å². The number of para-hydroxylation sites is 1. The Morgan fingerprint density at radius 3 is 2.83 bits per heavy atom. The third kappa shape index (κ3) is 3.65. The first kappa shape index (κ1) is 15.4. The fourth-order valence-electron chi connectivity index (χ4n) is 2.11. The quantitative estimate of drug-likeness (QED) is 0.407. The highest BCUT2D eigenvalue weighted by atomic mass is 32.2. The van der Waals surface area contributed by atoms with Crippen LogP contribution >= 0.6 is 11.8 Å². The molecule has 0 fully saturated rings.